The van der Waals surface area contributed by atoms with Gasteiger partial charge in [-0.15, -0.1) is 0 Å². The minimum absolute atomic E-state index is 0.129. The summed E-state index contributed by atoms with van der Waals surface area (Å²) in [7, 11) is 0. The summed E-state index contributed by atoms with van der Waals surface area (Å²) in [5, 5.41) is 0.347. The van der Waals surface area contributed by atoms with Crippen molar-refractivity contribution in [2.75, 3.05) is 17.2 Å². The Morgan fingerprint density at radius 1 is 1.42 bits per heavy atom. The van der Waals surface area contributed by atoms with E-state index in [2.05, 4.69) is 33.7 Å². The topological polar surface area (TPSA) is 67.9 Å². The van der Waals surface area contributed by atoms with Crippen LogP contribution in [-0.4, -0.2) is 21.5 Å². The number of nitrogens with zero attached hydrogens (tertiary/aromatic N) is 4. The number of aromatic nitrogens is 3. The first-order chi connectivity index (χ1) is 9.11. The van der Waals surface area contributed by atoms with E-state index in [9.17, 15) is 0 Å². The molecule has 0 radical (unpaired) electrons. The zero-order chi connectivity index (χ0) is 13.8. The summed E-state index contributed by atoms with van der Waals surface area (Å²) in [5.41, 5.74) is 6.75. The molecule has 2 N–H and O–H groups in total. The van der Waals surface area contributed by atoms with E-state index in [1.165, 1.54) is 0 Å². The van der Waals surface area contributed by atoms with Gasteiger partial charge in [-0.2, -0.15) is 4.98 Å². The summed E-state index contributed by atoms with van der Waals surface area (Å²) in [6.45, 7) is 4.93. The smallest absolute Gasteiger partial charge is 0.223 e. The first-order valence-corrected chi connectivity index (χ1v) is 6.46. The second-order valence-corrected chi connectivity index (χ2v) is 4.54. The van der Waals surface area contributed by atoms with Gasteiger partial charge in [0.2, 0.25) is 5.95 Å². The van der Waals surface area contributed by atoms with Gasteiger partial charge in [-0.3, -0.25) is 4.98 Å². The van der Waals surface area contributed by atoms with Gasteiger partial charge in [0.15, 0.2) is 0 Å². The Morgan fingerprint density at radius 2 is 2.21 bits per heavy atom. The van der Waals surface area contributed by atoms with Crippen LogP contribution in [0.25, 0.3) is 0 Å². The number of pyridine rings is 1. The van der Waals surface area contributed by atoms with E-state index >= 15 is 0 Å². The van der Waals surface area contributed by atoms with Crippen molar-refractivity contribution in [2.24, 2.45) is 0 Å². The molecular weight excluding hydrogens is 262 g/mol. The first-order valence-electron chi connectivity index (χ1n) is 6.08. The molecule has 0 aliphatic heterocycles. The summed E-state index contributed by atoms with van der Waals surface area (Å²) in [5.74, 6) is 0.899. The fourth-order valence-electron chi connectivity index (χ4n) is 2.01. The first kappa shape index (κ1) is 13.5. The van der Waals surface area contributed by atoms with Crippen molar-refractivity contribution in [3.63, 3.8) is 0 Å². The van der Waals surface area contributed by atoms with E-state index in [0.717, 1.165) is 17.9 Å². The van der Waals surface area contributed by atoms with Crippen molar-refractivity contribution in [3.05, 3.63) is 41.3 Å². The van der Waals surface area contributed by atoms with Gasteiger partial charge < -0.3 is 10.6 Å². The lowest BCUT2D eigenvalue weighted by Gasteiger charge is -2.29. The van der Waals surface area contributed by atoms with Crippen LogP contribution < -0.4 is 10.6 Å². The maximum absolute atomic E-state index is 5.93. The molecule has 6 heteroatoms. The van der Waals surface area contributed by atoms with E-state index in [4.69, 9.17) is 17.3 Å². The highest BCUT2D eigenvalue weighted by molar-refractivity contribution is 6.29. The summed E-state index contributed by atoms with van der Waals surface area (Å²) < 4.78 is 0. The van der Waals surface area contributed by atoms with Crippen LogP contribution in [0, 0.1) is 0 Å². The largest absolute Gasteiger partial charge is 0.368 e. The lowest BCUT2D eigenvalue weighted by atomic mass is 10.1. The Hall–Kier alpha value is -1.88. The molecule has 0 aliphatic rings. The van der Waals surface area contributed by atoms with Crippen LogP contribution in [0.15, 0.2) is 30.6 Å². The standard InChI is InChI=1S/C13H16ClN5/c1-3-19(9(2)10-5-4-6-16-8-10)12-7-11(14)17-13(15)18-12/h4-9H,3H2,1-2H3,(H2,15,17,18). The molecule has 0 fully saturated rings. The van der Waals surface area contributed by atoms with Crippen molar-refractivity contribution in [2.45, 2.75) is 19.9 Å². The minimum atomic E-state index is 0.129. The van der Waals surface area contributed by atoms with Gasteiger partial charge >= 0.3 is 0 Å². The Morgan fingerprint density at radius 3 is 2.79 bits per heavy atom. The number of hydrogen-bond donors (Lipinski definition) is 1. The molecule has 1 unspecified atom stereocenters. The Labute approximate surface area is 117 Å². The molecular formula is C13H16ClN5. The molecule has 0 aromatic carbocycles. The quantitative estimate of drug-likeness (QED) is 0.870. The highest BCUT2D eigenvalue weighted by Crippen LogP contribution is 2.26. The fraction of sp³-hybridized carbons (Fsp3) is 0.308. The van der Waals surface area contributed by atoms with Crippen LogP contribution in [0.4, 0.5) is 11.8 Å². The predicted molar refractivity (Wildman–Crippen MR) is 77.1 cm³/mol. The van der Waals surface area contributed by atoms with Crippen LogP contribution in [0.3, 0.4) is 0 Å². The molecule has 0 saturated carbocycles. The Bertz CT molecular complexity index is 526. The highest BCUT2D eigenvalue weighted by atomic mass is 35.5. The maximum Gasteiger partial charge on any atom is 0.223 e. The molecule has 2 rings (SSSR count). The molecule has 0 aliphatic carbocycles. The van der Waals surface area contributed by atoms with Crippen LogP contribution in [-0.2, 0) is 0 Å². The second kappa shape index (κ2) is 5.84. The van der Waals surface area contributed by atoms with Crippen molar-refractivity contribution >= 4 is 23.4 Å². The van der Waals surface area contributed by atoms with Gasteiger partial charge in [-0.1, -0.05) is 17.7 Å². The highest BCUT2D eigenvalue weighted by Gasteiger charge is 2.17. The molecule has 2 heterocycles. The van der Waals surface area contributed by atoms with E-state index in [-0.39, 0.29) is 12.0 Å². The van der Waals surface area contributed by atoms with Crippen LogP contribution in [0.2, 0.25) is 5.15 Å². The monoisotopic (exact) mass is 277 g/mol. The average Bonchev–Trinajstić information content (AvgIpc) is 2.39. The van der Waals surface area contributed by atoms with Crippen LogP contribution in [0.5, 0.6) is 0 Å². The van der Waals surface area contributed by atoms with Gasteiger partial charge in [-0.05, 0) is 25.5 Å². The average molecular weight is 278 g/mol. The summed E-state index contributed by atoms with van der Waals surface area (Å²) in [4.78, 5) is 14.4. The maximum atomic E-state index is 5.93. The van der Waals surface area contributed by atoms with Crippen molar-refractivity contribution in [3.8, 4) is 0 Å². The minimum Gasteiger partial charge on any atom is -0.368 e. The van der Waals surface area contributed by atoms with E-state index in [1.54, 1.807) is 12.3 Å². The van der Waals surface area contributed by atoms with E-state index in [1.807, 2.05) is 18.3 Å². The number of rotatable bonds is 4. The summed E-state index contributed by atoms with van der Waals surface area (Å²) in [6, 6.07) is 5.80. The third-order valence-electron chi connectivity index (χ3n) is 2.97. The molecule has 0 saturated heterocycles. The summed E-state index contributed by atoms with van der Waals surface area (Å²) >= 11 is 5.93. The van der Waals surface area contributed by atoms with E-state index in [0.29, 0.717) is 5.15 Å². The SMILES string of the molecule is CCN(c1cc(Cl)nc(N)n1)C(C)c1cccnc1. The molecule has 100 valence electrons. The zero-order valence-electron chi connectivity index (χ0n) is 10.9. The van der Waals surface area contributed by atoms with Gasteiger partial charge in [0.25, 0.3) is 0 Å². The molecule has 19 heavy (non-hydrogen) atoms. The molecule has 0 spiro atoms. The molecule has 0 amide bonds. The second-order valence-electron chi connectivity index (χ2n) is 4.16. The predicted octanol–water partition coefficient (Wildman–Crippen LogP) is 2.69. The number of halogens is 1. The van der Waals surface area contributed by atoms with Gasteiger partial charge in [0, 0.05) is 25.0 Å². The number of anilines is 2. The van der Waals surface area contributed by atoms with E-state index < -0.39 is 0 Å². The van der Waals surface area contributed by atoms with Crippen LogP contribution >= 0.6 is 11.6 Å². The fourth-order valence-corrected chi connectivity index (χ4v) is 2.19. The van der Waals surface area contributed by atoms with Crippen LogP contribution in [0.1, 0.15) is 25.5 Å². The zero-order valence-corrected chi connectivity index (χ0v) is 11.7. The summed E-state index contributed by atoms with van der Waals surface area (Å²) in [6.07, 6.45) is 3.60. The third-order valence-corrected chi connectivity index (χ3v) is 3.16. The van der Waals surface area contributed by atoms with Gasteiger partial charge in [-0.25, -0.2) is 4.98 Å². The van der Waals surface area contributed by atoms with Gasteiger partial charge in [0.05, 0.1) is 6.04 Å². The third kappa shape index (κ3) is 3.12. The normalized spacial score (nSPS) is 12.2. The molecule has 0 bridgehead atoms. The van der Waals surface area contributed by atoms with Crippen molar-refractivity contribution < 1.29 is 0 Å². The van der Waals surface area contributed by atoms with Gasteiger partial charge in [0.1, 0.15) is 11.0 Å². The lowest BCUT2D eigenvalue weighted by Crippen LogP contribution is -2.27. The molecule has 1 atom stereocenters. The molecule has 2 aromatic heterocycles. The Kier molecular flexibility index (Phi) is 4.16. The molecule has 2 aromatic rings. The lowest BCUT2D eigenvalue weighted by molar-refractivity contribution is 0.677. The number of nitrogens with two attached hydrogens (primary N) is 1. The number of hydrogen-bond acceptors (Lipinski definition) is 5. The Balaban J connectivity index is 2.34. The van der Waals surface area contributed by atoms with Crippen molar-refractivity contribution in [1.29, 1.82) is 0 Å². The van der Waals surface area contributed by atoms with Crippen molar-refractivity contribution in [1.82, 2.24) is 15.0 Å². The molecule has 5 nitrogen and oxygen atoms in total. The number of nitrogen functional groups attached to an aromatic ring is 1.